The van der Waals surface area contributed by atoms with Crippen LogP contribution in [0, 0.1) is 0 Å². The van der Waals surface area contributed by atoms with Gasteiger partial charge in [0.1, 0.15) is 0 Å². The van der Waals surface area contributed by atoms with Gasteiger partial charge in [0.15, 0.2) is 17.5 Å². The molecule has 13 aromatic rings. The fourth-order valence-electron chi connectivity index (χ4n) is 9.64. The number of nitrogens with zero attached hydrogens (tertiary/aromatic N) is 5. The van der Waals surface area contributed by atoms with Crippen LogP contribution in [0.2, 0.25) is 0 Å². The van der Waals surface area contributed by atoms with Crippen LogP contribution in [0.15, 0.2) is 212 Å². The van der Waals surface area contributed by atoms with Gasteiger partial charge in [-0.05, 0) is 75.5 Å². The molecule has 13 rings (SSSR count). The molecule has 3 heterocycles. The quantitative estimate of drug-likeness (QED) is 0.174. The molecule has 0 aliphatic rings. The maximum atomic E-state index is 5.05. The predicted octanol–water partition coefficient (Wildman–Crippen LogP) is 14.5. The molecule has 10 aromatic carbocycles. The van der Waals surface area contributed by atoms with Crippen molar-refractivity contribution < 1.29 is 0 Å². The number of aromatic nitrogens is 5. The van der Waals surface area contributed by atoms with E-state index in [9.17, 15) is 0 Å². The highest BCUT2D eigenvalue weighted by molar-refractivity contribution is 6.25. The van der Waals surface area contributed by atoms with Crippen LogP contribution in [0.3, 0.4) is 0 Å². The molecule has 0 saturated heterocycles. The predicted molar refractivity (Wildman–Crippen MR) is 257 cm³/mol. The first-order valence-electron chi connectivity index (χ1n) is 21.0. The van der Waals surface area contributed by atoms with E-state index in [4.69, 9.17) is 15.0 Å². The number of hydrogen-bond acceptors (Lipinski definition) is 3. The van der Waals surface area contributed by atoms with Gasteiger partial charge in [0.05, 0.1) is 27.8 Å². The molecular weight excluding hydrogens is 755 g/mol. The Morgan fingerprint density at radius 3 is 1.65 bits per heavy atom. The average molecular weight is 790 g/mol. The van der Waals surface area contributed by atoms with Gasteiger partial charge in [0.2, 0.25) is 0 Å². The zero-order valence-corrected chi connectivity index (χ0v) is 33.4. The number of fused-ring (bicyclic) bond motifs is 10. The van der Waals surface area contributed by atoms with Gasteiger partial charge >= 0.3 is 0 Å². The Morgan fingerprint density at radius 1 is 0.274 bits per heavy atom. The first kappa shape index (κ1) is 34.5. The van der Waals surface area contributed by atoms with Crippen LogP contribution in [0.25, 0.3) is 121 Å². The first-order chi connectivity index (χ1) is 30.7. The number of rotatable bonds is 5. The van der Waals surface area contributed by atoms with Gasteiger partial charge in [-0.1, -0.05) is 164 Å². The summed E-state index contributed by atoms with van der Waals surface area (Å²) in [6.07, 6.45) is 0. The minimum atomic E-state index is 0.638. The average Bonchev–Trinajstić information content (AvgIpc) is 3.85. The van der Waals surface area contributed by atoms with Crippen molar-refractivity contribution in [3.8, 4) is 45.5 Å². The van der Waals surface area contributed by atoms with E-state index in [2.05, 4.69) is 161 Å². The molecule has 288 valence electrons. The topological polar surface area (TPSA) is 48.5 Å². The van der Waals surface area contributed by atoms with Gasteiger partial charge < -0.3 is 9.13 Å². The molecule has 0 N–H and O–H groups in total. The largest absolute Gasteiger partial charge is 0.309 e. The number of benzene rings is 10. The van der Waals surface area contributed by atoms with Crippen molar-refractivity contribution in [2.75, 3.05) is 0 Å². The lowest BCUT2D eigenvalue weighted by molar-refractivity contribution is 1.07. The lowest BCUT2D eigenvalue weighted by Gasteiger charge is -2.13. The Hall–Kier alpha value is -8.41. The fraction of sp³-hybridized carbons (Fsp3) is 0. The van der Waals surface area contributed by atoms with Crippen LogP contribution in [-0.4, -0.2) is 24.1 Å². The molecule has 5 heteroatoms. The van der Waals surface area contributed by atoms with E-state index in [0.717, 1.165) is 44.4 Å². The second kappa shape index (κ2) is 13.6. The summed E-state index contributed by atoms with van der Waals surface area (Å²) >= 11 is 0. The summed E-state index contributed by atoms with van der Waals surface area (Å²) in [6, 6.07) is 75.9. The molecule has 5 nitrogen and oxygen atoms in total. The third kappa shape index (κ3) is 5.32. The third-order valence-electron chi connectivity index (χ3n) is 12.5. The second-order valence-electron chi connectivity index (χ2n) is 16.0. The summed E-state index contributed by atoms with van der Waals surface area (Å²) in [5.74, 6) is 1.93. The Kier molecular flexibility index (Phi) is 7.54. The summed E-state index contributed by atoms with van der Waals surface area (Å²) in [6.45, 7) is 0. The van der Waals surface area contributed by atoms with Crippen molar-refractivity contribution in [1.29, 1.82) is 0 Å². The van der Waals surface area contributed by atoms with Crippen molar-refractivity contribution in [2.45, 2.75) is 0 Å². The lowest BCUT2D eigenvalue weighted by Crippen LogP contribution is -2.00. The summed E-state index contributed by atoms with van der Waals surface area (Å²) < 4.78 is 4.92. The Morgan fingerprint density at radius 2 is 0.871 bits per heavy atom. The minimum Gasteiger partial charge on any atom is -0.309 e. The minimum absolute atomic E-state index is 0.638. The van der Waals surface area contributed by atoms with Crippen molar-refractivity contribution >= 4 is 75.9 Å². The zero-order valence-electron chi connectivity index (χ0n) is 33.4. The van der Waals surface area contributed by atoms with Crippen LogP contribution >= 0.6 is 0 Å². The smallest absolute Gasteiger partial charge is 0.164 e. The van der Waals surface area contributed by atoms with Gasteiger partial charge in [0, 0.05) is 49.3 Å². The monoisotopic (exact) mass is 789 g/mol. The molecule has 0 amide bonds. The molecule has 0 aliphatic heterocycles. The Balaban J connectivity index is 1.05. The number of para-hydroxylation sites is 1. The first-order valence-corrected chi connectivity index (χ1v) is 21.0. The van der Waals surface area contributed by atoms with Gasteiger partial charge in [-0.3, -0.25) is 0 Å². The zero-order chi connectivity index (χ0) is 40.7. The van der Waals surface area contributed by atoms with Crippen LogP contribution in [-0.2, 0) is 0 Å². The van der Waals surface area contributed by atoms with Crippen molar-refractivity contribution in [3.05, 3.63) is 212 Å². The normalized spacial score (nSPS) is 11.9. The van der Waals surface area contributed by atoms with E-state index >= 15 is 0 Å². The van der Waals surface area contributed by atoms with Crippen molar-refractivity contribution in [1.82, 2.24) is 24.1 Å². The van der Waals surface area contributed by atoms with Gasteiger partial charge in [-0.25, -0.2) is 15.0 Å². The standard InChI is InChI=1S/C57H35N5/c1-3-16-38(17-4-1)55-58-56(39-18-5-2-6-19-39)60-57(59-55)42-27-30-44-41(32-42)21-13-25-49(44)62-50-24-12-11-23-46(50)47-34-53-48(35-52(47)62)54-45-22-10-9-15-37(45)28-31-51(54)61(53)43-29-26-36-14-7-8-20-40(36)33-43/h1-35H. The molecule has 0 saturated carbocycles. The third-order valence-corrected chi connectivity index (χ3v) is 12.5. The highest BCUT2D eigenvalue weighted by Gasteiger charge is 2.21. The second-order valence-corrected chi connectivity index (χ2v) is 16.0. The molecular formula is C57H35N5. The maximum absolute atomic E-state index is 5.05. The fourth-order valence-corrected chi connectivity index (χ4v) is 9.64. The molecule has 0 fully saturated rings. The lowest BCUT2D eigenvalue weighted by atomic mass is 10.0. The summed E-state index contributed by atoms with van der Waals surface area (Å²) in [5.41, 5.74) is 9.81. The summed E-state index contributed by atoms with van der Waals surface area (Å²) in [7, 11) is 0. The maximum Gasteiger partial charge on any atom is 0.164 e. The van der Waals surface area contributed by atoms with Gasteiger partial charge in [-0.15, -0.1) is 0 Å². The van der Waals surface area contributed by atoms with Crippen LogP contribution in [0.4, 0.5) is 0 Å². The van der Waals surface area contributed by atoms with E-state index in [1.807, 2.05) is 60.7 Å². The van der Waals surface area contributed by atoms with E-state index in [1.165, 1.54) is 59.6 Å². The molecule has 0 aliphatic carbocycles. The van der Waals surface area contributed by atoms with E-state index in [-0.39, 0.29) is 0 Å². The molecule has 0 bridgehead atoms. The van der Waals surface area contributed by atoms with E-state index < -0.39 is 0 Å². The highest BCUT2D eigenvalue weighted by Crippen LogP contribution is 2.43. The summed E-state index contributed by atoms with van der Waals surface area (Å²) in [5, 5.41) is 12.1. The van der Waals surface area contributed by atoms with Gasteiger partial charge in [0.25, 0.3) is 0 Å². The van der Waals surface area contributed by atoms with Crippen molar-refractivity contribution in [3.63, 3.8) is 0 Å². The van der Waals surface area contributed by atoms with E-state index in [0.29, 0.717) is 17.5 Å². The van der Waals surface area contributed by atoms with Crippen LogP contribution in [0.5, 0.6) is 0 Å². The Bertz CT molecular complexity index is 3860. The SMILES string of the molecule is c1ccc(-c2nc(-c3ccccc3)nc(-c3ccc4c(-n5c6ccccc6c6cc7c(cc65)c5c6ccccc6ccc5n7-c5ccc6ccccc6c5)cccc4c3)n2)cc1. The number of hydrogen-bond donors (Lipinski definition) is 0. The summed E-state index contributed by atoms with van der Waals surface area (Å²) in [4.78, 5) is 15.0. The van der Waals surface area contributed by atoms with Crippen molar-refractivity contribution in [2.24, 2.45) is 0 Å². The van der Waals surface area contributed by atoms with E-state index in [1.54, 1.807) is 0 Å². The molecule has 0 unspecified atom stereocenters. The highest BCUT2D eigenvalue weighted by atomic mass is 15.0. The molecule has 3 aromatic heterocycles. The molecule has 0 atom stereocenters. The van der Waals surface area contributed by atoms with Crippen LogP contribution in [0.1, 0.15) is 0 Å². The molecule has 0 spiro atoms. The van der Waals surface area contributed by atoms with Crippen LogP contribution < -0.4 is 0 Å². The molecule has 62 heavy (non-hydrogen) atoms. The molecule has 0 radical (unpaired) electrons. The Labute approximate surface area is 356 Å². The van der Waals surface area contributed by atoms with Gasteiger partial charge in [-0.2, -0.15) is 0 Å².